The third kappa shape index (κ3) is 37.0. The van der Waals surface area contributed by atoms with Gasteiger partial charge >= 0.3 is 11.9 Å². The SMILES string of the molecule is CCCCC/C=C\C/C=C\CCCC/C=C\CCCCCCCC(=O)OC(CCCCCCCCCCCCCCCCCC)C(=O)O. The van der Waals surface area contributed by atoms with Crippen LogP contribution in [-0.4, -0.2) is 23.1 Å². The lowest BCUT2D eigenvalue weighted by Gasteiger charge is -2.13. The number of carbonyl (C=O) groups is 2. The molecule has 4 heteroatoms. The second-order valence-corrected chi connectivity index (χ2v) is 14.1. The van der Waals surface area contributed by atoms with E-state index in [-0.39, 0.29) is 5.97 Å². The van der Waals surface area contributed by atoms with Gasteiger partial charge in [0.2, 0.25) is 0 Å². The Labute approximate surface area is 299 Å². The van der Waals surface area contributed by atoms with Gasteiger partial charge in [-0.3, -0.25) is 4.79 Å². The molecule has 0 heterocycles. The summed E-state index contributed by atoms with van der Waals surface area (Å²) in [5.41, 5.74) is 0. The summed E-state index contributed by atoms with van der Waals surface area (Å²) in [4.78, 5) is 23.8. The first-order valence-corrected chi connectivity index (χ1v) is 21.0. The van der Waals surface area contributed by atoms with Gasteiger partial charge in [0.1, 0.15) is 0 Å². The van der Waals surface area contributed by atoms with Gasteiger partial charge in [-0.1, -0.05) is 179 Å². The summed E-state index contributed by atoms with van der Waals surface area (Å²) in [5, 5.41) is 9.51. The fraction of sp³-hybridized carbons (Fsp3) is 0.818. The van der Waals surface area contributed by atoms with Crippen molar-refractivity contribution in [2.75, 3.05) is 0 Å². The van der Waals surface area contributed by atoms with Crippen LogP contribution < -0.4 is 0 Å². The largest absolute Gasteiger partial charge is 0.479 e. The third-order valence-corrected chi connectivity index (χ3v) is 9.36. The van der Waals surface area contributed by atoms with Crippen LogP contribution in [-0.2, 0) is 14.3 Å². The van der Waals surface area contributed by atoms with Crippen molar-refractivity contribution in [3.05, 3.63) is 36.5 Å². The summed E-state index contributed by atoms with van der Waals surface area (Å²) in [6, 6.07) is 0. The van der Waals surface area contributed by atoms with E-state index in [2.05, 4.69) is 50.3 Å². The molecular weight excluding hydrogens is 592 g/mol. The first-order valence-electron chi connectivity index (χ1n) is 21.0. The first-order chi connectivity index (χ1) is 23.6. The van der Waals surface area contributed by atoms with Gasteiger partial charge in [0.05, 0.1) is 0 Å². The van der Waals surface area contributed by atoms with Crippen LogP contribution in [0, 0.1) is 0 Å². The van der Waals surface area contributed by atoms with Gasteiger partial charge in [-0.2, -0.15) is 0 Å². The molecule has 0 aliphatic heterocycles. The van der Waals surface area contributed by atoms with E-state index in [1.807, 2.05) is 0 Å². The molecule has 1 unspecified atom stereocenters. The Bertz CT molecular complexity index is 768. The van der Waals surface area contributed by atoms with Gasteiger partial charge in [0.15, 0.2) is 6.10 Å². The molecule has 0 aromatic heterocycles. The van der Waals surface area contributed by atoms with Crippen molar-refractivity contribution >= 4 is 11.9 Å². The van der Waals surface area contributed by atoms with Gasteiger partial charge in [-0.05, 0) is 77.0 Å². The van der Waals surface area contributed by atoms with Crippen LogP contribution in [0.3, 0.4) is 0 Å². The molecule has 0 spiro atoms. The van der Waals surface area contributed by atoms with E-state index in [1.54, 1.807) is 0 Å². The van der Waals surface area contributed by atoms with Crippen molar-refractivity contribution in [1.29, 1.82) is 0 Å². The van der Waals surface area contributed by atoms with Crippen molar-refractivity contribution < 1.29 is 19.4 Å². The minimum atomic E-state index is -1.01. The Morgan fingerprint density at radius 3 is 1.25 bits per heavy atom. The van der Waals surface area contributed by atoms with Crippen LogP contribution in [0.25, 0.3) is 0 Å². The fourth-order valence-corrected chi connectivity index (χ4v) is 6.17. The highest BCUT2D eigenvalue weighted by Crippen LogP contribution is 2.16. The molecule has 0 aliphatic rings. The van der Waals surface area contributed by atoms with Crippen molar-refractivity contribution in [1.82, 2.24) is 0 Å². The monoisotopic (exact) mass is 673 g/mol. The maximum atomic E-state index is 12.2. The fourth-order valence-electron chi connectivity index (χ4n) is 6.17. The normalized spacial score (nSPS) is 12.5. The molecule has 0 saturated heterocycles. The Morgan fingerprint density at radius 2 is 0.792 bits per heavy atom. The smallest absolute Gasteiger partial charge is 0.345 e. The van der Waals surface area contributed by atoms with E-state index < -0.39 is 12.1 Å². The van der Waals surface area contributed by atoms with E-state index in [0.717, 1.165) is 51.4 Å². The zero-order valence-corrected chi connectivity index (χ0v) is 32.0. The molecule has 4 nitrogen and oxygen atoms in total. The summed E-state index contributed by atoms with van der Waals surface area (Å²) < 4.78 is 5.33. The minimum absolute atomic E-state index is 0.327. The van der Waals surface area contributed by atoms with Gasteiger partial charge in [-0.25, -0.2) is 4.79 Å². The predicted octanol–water partition coefficient (Wildman–Crippen LogP) is 14.6. The molecule has 0 amide bonds. The first kappa shape index (κ1) is 46.2. The summed E-state index contributed by atoms with van der Waals surface area (Å²) in [6.45, 7) is 4.52. The maximum absolute atomic E-state index is 12.2. The Kier molecular flexibility index (Phi) is 38.1. The van der Waals surface area contributed by atoms with Crippen LogP contribution >= 0.6 is 0 Å². The van der Waals surface area contributed by atoms with Crippen LogP contribution in [0.4, 0.5) is 0 Å². The molecule has 1 atom stereocenters. The molecule has 0 saturated carbocycles. The van der Waals surface area contributed by atoms with Crippen molar-refractivity contribution in [2.45, 2.75) is 232 Å². The lowest BCUT2D eigenvalue weighted by molar-refractivity contribution is -0.164. The molecule has 0 aromatic carbocycles. The lowest BCUT2D eigenvalue weighted by atomic mass is 10.0. The summed E-state index contributed by atoms with van der Waals surface area (Å²) in [6.07, 6.45) is 51.8. The van der Waals surface area contributed by atoms with Crippen molar-refractivity contribution in [2.24, 2.45) is 0 Å². The number of carboxylic acid groups (broad SMARTS) is 1. The number of esters is 1. The average Bonchev–Trinajstić information content (AvgIpc) is 3.08. The second-order valence-electron chi connectivity index (χ2n) is 14.1. The standard InChI is InChI=1S/C44H80O4/c1-3-5-7-9-11-13-15-17-19-21-22-23-24-25-27-29-31-33-35-37-39-41-43(45)48-42(44(46)47)40-38-36-34-32-30-28-26-20-18-16-14-12-10-8-6-4-2/h11,13,17,19,25,27,42H,3-10,12,14-16,18,20-24,26,28-41H2,1-2H3,(H,46,47)/b13-11-,19-17-,27-25-. The van der Waals surface area contributed by atoms with E-state index in [9.17, 15) is 14.7 Å². The minimum Gasteiger partial charge on any atom is -0.479 e. The maximum Gasteiger partial charge on any atom is 0.345 e. The lowest BCUT2D eigenvalue weighted by Crippen LogP contribution is -2.27. The Morgan fingerprint density at radius 1 is 0.458 bits per heavy atom. The summed E-state index contributed by atoms with van der Waals surface area (Å²) in [5.74, 6) is -1.36. The van der Waals surface area contributed by atoms with Crippen LogP contribution in [0.15, 0.2) is 36.5 Å². The van der Waals surface area contributed by atoms with Gasteiger partial charge < -0.3 is 9.84 Å². The topological polar surface area (TPSA) is 63.6 Å². The number of hydrogen-bond donors (Lipinski definition) is 1. The molecule has 280 valence electrons. The van der Waals surface area contributed by atoms with Gasteiger partial charge in [0.25, 0.3) is 0 Å². The zero-order valence-electron chi connectivity index (χ0n) is 32.0. The summed E-state index contributed by atoms with van der Waals surface area (Å²) in [7, 11) is 0. The molecule has 0 radical (unpaired) electrons. The molecule has 0 fully saturated rings. The van der Waals surface area contributed by atoms with E-state index >= 15 is 0 Å². The van der Waals surface area contributed by atoms with Crippen molar-refractivity contribution in [3.63, 3.8) is 0 Å². The Balaban J connectivity index is 3.56. The molecule has 48 heavy (non-hydrogen) atoms. The number of rotatable bonds is 38. The van der Waals surface area contributed by atoms with Crippen molar-refractivity contribution in [3.8, 4) is 0 Å². The van der Waals surface area contributed by atoms with Crippen LogP contribution in [0.5, 0.6) is 0 Å². The number of unbranched alkanes of at least 4 members (excludes halogenated alkanes) is 26. The molecule has 0 bridgehead atoms. The molecule has 0 rings (SSSR count). The zero-order chi connectivity index (χ0) is 35.0. The molecule has 0 aliphatic carbocycles. The predicted molar refractivity (Wildman–Crippen MR) is 209 cm³/mol. The van der Waals surface area contributed by atoms with E-state index in [4.69, 9.17) is 4.74 Å². The van der Waals surface area contributed by atoms with Gasteiger partial charge in [-0.15, -0.1) is 0 Å². The number of ether oxygens (including phenoxy) is 1. The third-order valence-electron chi connectivity index (χ3n) is 9.36. The summed E-state index contributed by atoms with van der Waals surface area (Å²) >= 11 is 0. The Hall–Kier alpha value is -1.84. The molecular formula is C44H80O4. The highest BCUT2D eigenvalue weighted by atomic mass is 16.6. The van der Waals surface area contributed by atoms with Crippen LogP contribution in [0.2, 0.25) is 0 Å². The van der Waals surface area contributed by atoms with E-state index in [0.29, 0.717) is 12.8 Å². The highest BCUT2D eigenvalue weighted by molar-refractivity contribution is 5.77. The van der Waals surface area contributed by atoms with E-state index in [1.165, 1.54) is 148 Å². The number of carbonyl (C=O) groups excluding carboxylic acids is 1. The highest BCUT2D eigenvalue weighted by Gasteiger charge is 2.21. The number of allylic oxidation sites excluding steroid dienone is 6. The number of aliphatic carboxylic acids is 1. The van der Waals surface area contributed by atoms with Crippen LogP contribution in [0.1, 0.15) is 226 Å². The van der Waals surface area contributed by atoms with Gasteiger partial charge in [0, 0.05) is 6.42 Å². The second kappa shape index (κ2) is 39.6. The number of carboxylic acids is 1. The number of hydrogen-bond acceptors (Lipinski definition) is 3. The quantitative estimate of drug-likeness (QED) is 0.0403. The molecule has 1 N–H and O–H groups in total. The average molecular weight is 673 g/mol. The molecule has 0 aromatic rings.